The second-order valence-electron chi connectivity index (χ2n) is 4.71. The molecule has 3 rings (SSSR count). The summed E-state index contributed by atoms with van der Waals surface area (Å²) in [6, 6.07) is 7.82. The number of aromatic nitrogens is 1. The molecule has 1 aromatic heterocycles. The zero-order chi connectivity index (χ0) is 12.5. The Hall–Kier alpha value is -1.32. The maximum absolute atomic E-state index is 9.78. The first-order chi connectivity index (χ1) is 8.75. The third-order valence-electron chi connectivity index (χ3n) is 3.44. The number of hydrogen-bond donors (Lipinski definition) is 1. The Morgan fingerprint density at radius 1 is 1.33 bits per heavy atom. The Balaban J connectivity index is 2.09. The molecule has 1 N–H and O–H groups in total. The molecular formula is C14H15ClN2O. The van der Waals surface area contributed by atoms with Gasteiger partial charge in [-0.2, -0.15) is 0 Å². The van der Waals surface area contributed by atoms with Gasteiger partial charge in [-0.1, -0.05) is 23.7 Å². The number of para-hydroxylation sites is 1. The Labute approximate surface area is 111 Å². The normalized spacial score (nSPS) is 20.3. The van der Waals surface area contributed by atoms with E-state index in [0.717, 1.165) is 36.0 Å². The van der Waals surface area contributed by atoms with Crippen molar-refractivity contribution in [3.05, 3.63) is 35.5 Å². The van der Waals surface area contributed by atoms with Gasteiger partial charge >= 0.3 is 0 Å². The van der Waals surface area contributed by atoms with Crippen molar-refractivity contribution in [3.8, 4) is 0 Å². The van der Waals surface area contributed by atoms with Crippen LogP contribution in [0.1, 0.15) is 12.8 Å². The molecule has 1 aromatic carbocycles. The number of benzene rings is 1. The maximum Gasteiger partial charge on any atom is 0.0908 e. The lowest BCUT2D eigenvalue weighted by Gasteiger charge is -2.32. The molecule has 1 aliphatic rings. The van der Waals surface area contributed by atoms with Gasteiger partial charge in [-0.3, -0.25) is 4.98 Å². The summed E-state index contributed by atoms with van der Waals surface area (Å²) in [4.78, 5) is 6.55. The Kier molecular flexibility index (Phi) is 3.10. The molecule has 0 unspecified atom stereocenters. The number of pyridine rings is 1. The molecule has 1 saturated heterocycles. The number of anilines is 1. The number of aliphatic hydroxyl groups is 1. The lowest BCUT2D eigenvalue weighted by Crippen LogP contribution is -2.38. The zero-order valence-corrected chi connectivity index (χ0v) is 10.8. The number of β-amino-alcohol motifs (C(OH)–C–C–N with tert-alkyl or cyclic N) is 1. The highest BCUT2D eigenvalue weighted by Gasteiger charge is 2.19. The average Bonchev–Trinajstić information content (AvgIpc) is 2.39. The molecule has 3 nitrogen and oxygen atoms in total. The van der Waals surface area contributed by atoms with E-state index >= 15 is 0 Å². The fraction of sp³-hybridized carbons (Fsp3) is 0.357. The number of hydrogen-bond acceptors (Lipinski definition) is 3. The molecule has 0 radical (unpaired) electrons. The highest BCUT2D eigenvalue weighted by atomic mass is 35.5. The number of piperidine rings is 1. The minimum absolute atomic E-state index is 0.235. The van der Waals surface area contributed by atoms with E-state index in [9.17, 15) is 5.11 Å². The van der Waals surface area contributed by atoms with E-state index in [1.54, 1.807) is 6.20 Å². The summed E-state index contributed by atoms with van der Waals surface area (Å²) >= 11 is 6.17. The van der Waals surface area contributed by atoms with Gasteiger partial charge in [0.1, 0.15) is 0 Å². The molecule has 1 atom stereocenters. The van der Waals surface area contributed by atoms with E-state index in [2.05, 4.69) is 9.88 Å². The first-order valence-corrected chi connectivity index (χ1v) is 6.60. The van der Waals surface area contributed by atoms with Crippen LogP contribution in [0.5, 0.6) is 0 Å². The molecular weight excluding hydrogens is 248 g/mol. The topological polar surface area (TPSA) is 36.4 Å². The third kappa shape index (κ3) is 2.04. The van der Waals surface area contributed by atoms with Crippen LogP contribution in [0.2, 0.25) is 5.02 Å². The summed E-state index contributed by atoms with van der Waals surface area (Å²) in [6.45, 7) is 1.66. The van der Waals surface area contributed by atoms with Crippen LogP contribution in [0.25, 0.3) is 10.9 Å². The van der Waals surface area contributed by atoms with Gasteiger partial charge in [0.25, 0.3) is 0 Å². The van der Waals surface area contributed by atoms with Crippen LogP contribution in [0.4, 0.5) is 5.69 Å². The van der Waals surface area contributed by atoms with Crippen molar-refractivity contribution in [2.24, 2.45) is 0 Å². The number of halogens is 1. The predicted octanol–water partition coefficient (Wildman–Crippen LogP) is 2.85. The van der Waals surface area contributed by atoms with Gasteiger partial charge in [-0.15, -0.1) is 0 Å². The molecule has 0 spiro atoms. The van der Waals surface area contributed by atoms with E-state index in [1.165, 1.54) is 0 Å². The Bertz CT molecular complexity index is 573. The zero-order valence-electron chi connectivity index (χ0n) is 10.0. The summed E-state index contributed by atoms with van der Waals surface area (Å²) in [7, 11) is 0. The summed E-state index contributed by atoms with van der Waals surface area (Å²) in [5, 5.41) is 11.5. The second-order valence-corrected chi connectivity index (χ2v) is 5.12. The van der Waals surface area contributed by atoms with Crippen molar-refractivity contribution in [1.82, 2.24) is 4.98 Å². The molecule has 0 aliphatic carbocycles. The largest absolute Gasteiger partial charge is 0.391 e. The fourth-order valence-corrected chi connectivity index (χ4v) is 2.80. The minimum atomic E-state index is -0.235. The molecule has 94 valence electrons. The molecule has 2 aromatic rings. The van der Waals surface area contributed by atoms with Crippen molar-refractivity contribution in [1.29, 1.82) is 0 Å². The number of rotatable bonds is 1. The molecule has 2 heterocycles. The second kappa shape index (κ2) is 4.75. The van der Waals surface area contributed by atoms with Crippen molar-refractivity contribution in [3.63, 3.8) is 0 Å². The fourth-order valence-electron chi connectivity index (χ4n) is 2.57. The SMILES string of the molecule is O[C@H]1CCCN(c2ccnc3c(Cl)cccc23)C1. The third-order valence-corrected chi connectivity index (χ3v) is 3.74. The smallest absolute Gasteiger partial charge is 0.0908 e. The standard InChI is InChI=1S/C14H15ClN2O/c15-12-5-1-4-11-13(6-7-16-14(11)12)17-8-2-3-10(18)9-17/h1,4-7,10,18H,2-3,8-9H2/t10-/m0/s1. The average molecular weight is 263 g/mol. The van der Waals surface area contributed by atoms with Crippen LogP contribution in [-0.4, -0.2) is 29.3 Å². The highest BCUT2D eigenvalue weighted by Crippen LogP contribution is 2.31. The van der Waals surface area contributed by atoms with Crippen LogP contribution < -0.4 is 4.90 Å². The molecule has 1 fully saturated rings. The van der Waals surface area contributed by atoms with Crippen LogP contribution in [0.15, 0.2) is 30.5 Å². The van der Waals surface area contributed by atoms with Crippen LogP contribution >= 0.6 is 11.6 Å². The van der Waals surface area contributed by atoms with Crippen molar-refractivity contribution >= 4 is 28.2 Å². The number of nitrogens with zero attached hydrogens (tertiary/aromatic N) is 2. The predicted molar refractivity (Wildman–Crippen MR) is 74.2 cm³/mol. The highest BCUT2D eigenvalue weighted by molar-refractivity contribution is 6.35. The lowest BCUT2D eigenvalue weighted by molar-refractivity contribution is 0.154. The van der Waals surface area contributed by atoms with Gasteiger partial charge in [-0.05, 0) is 25.0 Å². The van der Waals surface area contributed by atoms with E-state index in [4.69, 9.17) is 11.6 Å². The van der Waals surface area contributed by atoms with Gasteiger partial charge in [0.2, 0.25) is 0 Å². The van der Waals surface area contributed by atoms with Gasteiger partial charge in [0.05, 0.1) is 16.6 Å². The van der Waals surface area contributed by atoms with Crippen LogP contribution in [0, 0.1) is 0 Å². The molecule has 0 saturated carbocycles. The summed E-state index contributed by atoms with van der Waals surface area (Å²) < 4.78 is 0. The summed E-state index contributed by atoms with van der Waals surface area (Å²) in [6.07, 6.45) is 3.46. The molecule has 4 heteroatoms. The van der Waals surface area contributed by atoms with Crippen molar-refractivity contribution in [2.75, 3.05) is 18.0 Å². The van der Waals surface area contributed by atoms with Gasteiger partial charge < -0.3 is 10.0 Å². The lowest BCUT2D eigenvalue weighted by atomic mass is 10.1. The van der Waals surface area contributed by atoms with Gasteiger partial charge in [-0.25, -0.2) is 0 Å². The molecule has 0 amide bonds. The first kappa shape index (κ1) is 11.8. The van der Waals surface area contributed by atoms with E-state index in [-0.39, 0.29) is 6.10 Å². The van der Waals surface area contributed by atoms with Gasteiger partial charge in [0, 0.05) is 30.4 Å². The molecule has 0 bridgehead atoms. The monoisotopic (exact) mass is 262 g/mol. The van der Waals surface area contributed by atoms with E-state index < -0.39 is 0 Å². The summed E-state index contributed by atoms with van der Waals surface area (Å²) in [5.74, 6) is 0. The number of aliphatic hydroxyl groups excluding tert-OH is 1. The number of fused-ring (bicyclic) bond motifs is 1. The summed E-state index contributed by atoms with van der Waals surface area (Å²) in [5.41, 5.74) is 1.94. The first-order valence-electron chi connectivity index (χ1n) is 6.22. The van der Waals surface area contributed by atoms with Crippen LogP contribution in [-0.2, 0) is 0 Å². The van der Waals surface area contributed by atoms with Crippen LogP contribution in [0.3, 0.4) is 0 Å². The maximum atomic E-state index is 9.78. The van der Waals surface area contributed by atoms with Gasteiger partial charge in [0.15, 0.2) is 0 Å². The van der Waals surface area contributed by atoms with Crippen molar-refractivity contribution < 1.29 is 5.11 Å². The molecule has 18 heavy (non-hydrogen) atoms. The minimum Gasteiger partial charge on any atom is -0.391 e. The van der Waals surface area contributed by atoms with E-state index in [0.29, 0.717) is 11.6 Å². The molecule has 1 aliphatic heterocycles. The Morgan fingerprint density at radius 3 is 3.06 bits per heavy atom. The quantitative estimate of drug-likeness (QED) is 0.859. The van der Waals surface area contributed by atoms with Crippen molar-refractivity contribution in [2.45, 2.75) is 18.9 Å². The van der Waals surface area contributed by atoms with E-state index in [1.807, 2.05) is 24.3 Å². The Morgan fingerprint density at radius 2 is 2.22 bits per heavy atom.